The molecule has 0 aliphatic carbocycles. The molecule has 138 valence electrons. The maximum absolute atomic E-state index is 12.2. The number of carbonyl (C=O) groups is 2. The highest BCUT2D eigenvalue weighted by Crippen LogP contribution is 2.20. The van der Waals surface area contributed by atoms with Gasteiger partial charge in [0.1, 0.15) is 0 Å². The minimum Gasteiger partial charge on any atom is -0.379 e. The van der Waals surface area contributed by atoms with Crippen molar-refractivity contribution >= 4 is 11.9 Å². The second-order valence-corrected chi connectivity index (χ2v) is 6.28. The number of amides is 3. The first-order chi connectivity index (χ1) is 12.1. The van der Waals surface area contributed by atoms with Crippen molar-refractivity contribution in [3.8, 4) is 0 Å². The Labute approximate surface area is 148 Å². The van der Waals surface area contributed by atoms with E-state index in [0.717, 1.165) is 50.4 Å². The summed E-state index contributed by atoms with van der Waals surface area (Å²) in [5.74, 6) is -0.0935. The van der Waals surface area contributed by atoms with Crippen LogP contribution in [-0.4, -0.2) is 56.2 Å². The van der Waals surface area contributed by atoms with Crippen LogP contribution in [0.4, 0.5) is 4.79 Å². The summed E-state index contributed by atoms with van der Waals surface area (Å²) in [7, 11) is 0. The molecular weight excluding hydrogens is 320 g/mol. The fourth-order valence-corrected chi connectivity index (χ4v) is 3.00. The van der Waals surface area contributed by atoms with Crippen molar-refractivity contribution < 1.29 is 14.3 Å². The average Bonchev–Trinajstić information content (AvgIpc) is 2.59. The highest BCUT2D eigenvalue weighted by molar-refractivity contribution is 5.78. The summed E-state index contributed by atoms with van der Waals surface area (Å²) in [5, 5.41) is 5.59. The van der Waals surface area contributed by atoms with Crippen LogP contribution in [-0.2, 0) is 9.53 Å². The summed E-state index contributed by atoms with van der Waals surface area (Å²) in [6.07, 6.45) is 1.06. The molecule has 1 fully saturated rings. The van der Waals surface area contributed by atoms with Crippen molar-refractivity contribution in [1.29, 1.82) is 0 Å². The summed E-state index contributed by atoms with van der Waals surface area (Å²) in [5.41, 5.74) is 7.19. The van der Waals surface area contributed by atoms with Crippen LogP contribution < -0.4 is 16.4 Å². The van der Waals surface area contributed by atoms with Gasteiger partial charge in [0.05, 0.1) is 25.7 Å². The molecule has 2 rings (SSSR count). The van der Waals surface area contributed by atoms with E-state index in [2.05, 4.69) is 15.5 Å². The molecule has 1 heterocycles. The number of ether oxygens (including phenoxy) is 1. The molecule has 0 saturated carbocycles. The fourth-order valence-electron chi connectivity index (χ4n) is 3.00. The van der Waals surface area contributed by atoms with E-state index in [-0.39, 0.29) is 12.3 Å². The number of nitrogens with zero attached hydrogens (tertiary/aromatic N) is 1. The van der Waals surface area contributed by atoms with Gasteiger partial charge < -0.3 is 21.1 Å². The van der Waals surface area contributed by atoms with E-state index in [0.29, 0.717) is 6.54 Å². The van der Waals surface area contributed by atoms with Gasteiger partial charge in [-0.25, -0.2) is 4.79 Å². The Morgan fingerprint density at radius 1 is 1.28 bits per heavy atom. The number of carbonyl (C=O) groups excluding carboxylic acids is 2. The molecule has 1 unspecified atom stereocenters. The zero-order valence-corrected chi connectivity index (χ0v) is 14.8. The third-order valence-corrected chi connectivity index (χ3v) is 4.35. The van der Waals surface area contributed by atoms with Gasteiger partial charge in [0.25, 0.3) is 0 Å². The van der Waals surface area contributed by atoms with Gasteiger partial charge in [0.2, 0.25) is 5.91 Å². The van der Waals surface area contributed by atoms with E-state index in [1.54, 1.807) is 0 Å². The number of hydrogen-bond donors (Lipinski definition) is 3. The largest absolute Gasteiger partial charge is 0.379 e. The highest BCUT2D eigenvalue weighted by atomic mass is 16.5. The zero-order chi connectivity index (χ0) is 18.1. The summed E-state index contributed by atoms with van der Waals surface area (Å²) in [4.78, 5) is 25.8. The summed E-state index contributed by atoms with van der Waals surface area (Å²) in [6, 6.07) is 6.61. The number of morpholine rings is 1. The van der Waals surface area contributed by atoms with E-state index < -0.39 is 12.1 Å². The van der Waals surface area contributed by atoms with Crippen LogP contribution in [0, 0.1) is 6.92 Å². The van der Waals surface area contributed by atoms with Gasteiger partial charge in [-0.15, -0.1) is 0 Å². The molecule has 1 aromatic rings. The number of benzene rings is 1. The SMILES string of the molecule is Cc1ccccc1C(CC(=O)NCCCN1CCOCC1)NC(N)=O. The third-order valence-electron chi connectivity index (χ3n) is 4.35. The van der Waals surface area contributed by atoms with Gasteiger partial charge in [0.15, 0.2) is 0 Å². The smallest absolute Gasteiger partial charge is 0.312 e. The Morgan fingerprint density at radius 3 is 2.68 bits per heavy atom. The topological polar surface area (TPSA) is 96.7 Å². The Kier molecular flexibility index (Phi) is 7.69. The van der Waals surface area contributed by atoms with Gasteiger partial charge in [-0.3, -0.25) is 9.69 Å². The van der Waals surface area contributed by atoms with Crippen LogP contribution in [0.1, 0.15) is 30.0 Å². The van der Waals surface area contributed by atoms with Crippen LogP contribution in [0.15, 0.2) is 24.3 Å². The van der Waals surface area contributed by atoms with Crippen molar-refractivity contribution in [1.82, 2.24) is 15.5 Å². The normalized spacial score (nSPS) is 16.2. The molecule has 4 N–H and O–H groups in total. The summed E-state index contributed by atoms with van der Waals surface area (Å²) in [6.45, 7) is 6.98. The summed E-state index contributed by atoms with van der Waals surface area (Å²) < 4.78 is 5.32. The first kappa shape index (κ1) is 19.2. The third kappa shape index (κ3) is 6.72. The lowest BCUT2D eigenvalue weighted by molar-refractivity contribution is -0.121. The molecule has 0 bridgehead atoms. The number of nitrogens with one attached hydrogen (secondary N) is 2. The van der Waals surface area contributed by atoms with Gasteiger partial charge in [0, 0.05) is 19.6 Å². The van der Waals surface area contributed by atoms with Gasteiger partial charge >= 0.3 is 6.03 Å². The lowest BCUT2D eigenvalue weighted by Gasteiger charge is -2.26. The lowest BCUT2D eigenvalue weighted by Crippen LogP contribution is -2.39. The van der Waals surface area contributed by atoms with Crippen molar-refractivity contribution in [2.75, 3.05) is 39.4 Å². The first-order valence-corrected chi connectivity index (χ1v) is 8.74. The van der Waals surface area contributed by atoms with Crippen LogP contribution in [0.5, 0.6) is 0 Å². The van der Waals surface area contributed by atoms with Gasteiger partial charge in [-0.05, 0) is 31.0 Å². The Bertz CT molecular complexity index is 573. The van der Waals surface area contributed by atoms with Crippen LogP contribution in [0.3, 0.4) is 0 Å². The minimum absolute atomic E-state index is 0.0935. The van der Waals surface area contributed by atoms with Crippen LogP contribution in [0.25, 0.3) is 0 Å². The molecule has 1 aliphatic heterocycles. The van der Waals surface area contributed by atoms with E-state index >= 15 is 0 Å². The molecule has 0 aromatic heterocycles. The van der Waals surface area contributed by atoms with E-state index in [1.165, 1.54) is 0 Å². The Hall–Kier alpha value is -2.12. The van der Waals surface area contributed by atoms with E-state index in [9.17, 15) is 9.59 Å². The van der Waals surface area contributed by atoms with Crippen molar-refractivity contribution in [3.05, 3.63) is 35.4 Å². The lowest BCUT2D eigenvalue weighted by atomic mass is 9.98. The van der Waals surface area contributed by atoms with Crippen molar-refractivity contribution in [3.63, 3.8) is 0 Å². The number of primary amides is 1. The number of nitrogens with two attached hydrogens (primary N) is 1. The average molecular weight is 348 g/mol. The first-order valence-electron chi connectivity index (χ1n) is 8.74. The van der Waals surface area contributed by atoms with Crippen molar-refractivity contribution in [2.45, 2.75) is 25.8 Å². The molecule has 25 heavy (non-hydrogen) atoms. The number of hydrogen-bond acceptors (Lipinski definition) is 4. The second-order valence-electron chi connectivity index (χ2n) is 6.28. The summed E-state index contributed by atoms with van der Waals surface area (Å²) >= 11 is 0. The predicted molar refractivity (Wildman–Crippen MR) is 96.1 cm³/mol. The highest BCUT2D eigenvalue weighted by Gasteiger charge is 2.19. The molecule has 0 spiro atoms. The molecule has 0 radical (unpaired) electrons. The van der Waals surface area contributed by atoms with Crippen LogP contribution >= 0.6 is 0 Å². The molecule has 7 nitrogen and oxygen atoms in total. The van der Waals surface area contributed by atoms with E-state index in [1.807, 2.05) is 31.2 Å². The van der Waals surface area contributed by atoms with Crippen LogP contribution in [0.2, 0.25) is 0 Å². The Balaban J connectivity index is 1.78. The maximum atomic E-state index is 12.2. The van der Waals surface area contributed by atoms with Gasteiger partial charge in [-0.2, -0.15) is 0 Å². The maximum Gasteiger partial charge on any atom is 0.312 e. The zero-order valence-electron chi connectivity index (χ0n) is 14.8. The minimum atomic E-state index is -0.631. The number of urea groups is 1. The monoisotopic (exact) mass is 348 g/mol. The molecule has 1 aliphatic rings. The van der Waals surface area contributed by atoms with Gasteiger partial charge in [-0.1, -0.05) is 24.3 Å². The number of aryl methyl sites for hydroxylation is 1. The predicted octanol–water partition coefficient (Wildman–Crippen LogP) is 0.933. The molecule has 3 amide bonds. The second kappa shape index (κ2) is 10.0. The molecule has 1 atom stereocenters. The Morgan fingerprint density at radius 2 is 2.00 bits per heavy atom. The molecule has 1 aromatic carbocycles. The molecule has 7 heteroatoms. The van der Waals surface area contributed by atoms with E-state index in [4.69, 9.17) is 10.5 Å². The fraction of sp³-hybridized carbons (Fsp3) is 0.556. The van der Waals surface area contributed by atoms with Crippen molar-refractivity contribution in [2.24, 2.45) is 5.73 Å². The quantitative estimate of drug-likeness (QED) is 0.609. The molecular formula is C18H28N4O3. The molecule has 1 saturated heterocycles. The number of rotatable bonds is 8. The standard InChI is InChI=1S/C18H28N4O3/c1-14-5-2-3-6-15(14)16(21-18(19)24)13-17(23)20-7-4-8-22-9-11-25-12-10-22/h2-3,5-6,16H,4,7-13H2,1H3,(H,20,23)(H3,19,21,24).